The van der Waals surface area contributed by atoms with E-state index in [1.165, 1.54) is 11.1 Å². The maximum Gasteiger partial charge on any atom is 0.276 e. The van der Waals surface area contributed by atoms with E-state index in [0.717, 1.165) is 0 Å². The highest BCUT2D eigenvalue weighted by Crippen LogP contribution is 2.17. The molecule has 132 valence electrons. The number of benzene rings is 2. The van der Waals surface area contributed by atoms with E-state index in [-0.39, 0.29) is 11.6 Å². The van der Waals surface area contributed by atoms with Gasteiger partial charge < -0.3 is 15.4 Å². The van der Waals surface area contributed by atoms with Crippen LogP contribution in [0.25, 0.3) is 0 Å². The van der Waals surface area contributed by atoms with Crippen molar-refractivity contribution < 1.29 is 9.53 Å². The summed E-state index contributed by atoms with van der Waals surface area (Å²) >= 11 is 0. The fourth-order valence-electron chi connectivity index (χ4n) is 2.44. The van der Waals surface area contributed by atoms with Crippen LogP contribution in [0, 0.1) is 6.92 Å². The molecule has 0 aliphatic heterocycles. The number of hydrogen-bond acceptors (Lipinski definition) is 5. The van der Waals surface area contributed by atoms with Gasteiger partial charge in [-0.25, -0.2) is 0 Å². The van der Waals surface area contributed by atoms with Crippen LogP contribution in [0.2, 0.25) is 0 Å². The molecule has 3 aromatic rings. The Labute approximate surface area is 152 Å². The van der Waals surface area contributed by atoms with Crippen LogP contribution < -0.4 is 15.4 Å². The molecule has 0 aliphatic rings. The van der Waals surface area contributed by atoms with E-state index < -0.39 is 0 Å². The summed E-state index contributed by atoms with van der Waals surface area (Å²) in [5, 5.41) is 14.1. The zero-order valence-corrected chi connectivity index (χ0v) is 14.7. The minimum Gasteiger partial charge on any atom is -0.497 e. The minimum atomic E-state index is -0.323. The average Bonchev–Trinajstić information content (AvgIpc) is 2.68. The van der Waals surface area contributed by atoms with Crippen molar-refractivity contribution in [1.82, 2.24) is 10.2 Å². The molecule has 6 nitrogen and oxygen atoms in total. The first-order chi connectivity index (χ1) is 12.7. The molecule has 0 saturated carbocycles. The monoisotopic (exact) mass is 348 g/mol. The van der Waals surface area contributed by atoms with Crippen molar-refractivity contribution in [1.29, 1.82) is 0 Å². The summed E-state index contributed by atoms with van der Waals surface area (Å²) in [7, 11) is 1.58. The largest absolute Gasteiger partial charge is 0.497 e. The van der Waals surface area contributed by atoms with Crippen molar-refractivity contribution in [3.05, 3.63) is 77.5 Å². The Morgan fingerprint density at radius 1 is 1.04 bits per heavy atom. The molecule has 2 aromatic carbocycles. The second-order valence-corrected chi connectivity index (χ2v) is 5.77. The van der Waals surface area contributed by atoms with Crippen LogP contribution in [0.5, 0.6) is 5.75 Å². The number of carbonyl (C=O) groups excluding carboxylic acids is 1. The van der Waals surface area contributed by atoms with Crippen molar-refractivity contribution >= 4 is 17.4 Å². The third-order valence-electron chi connectivity index (χ3n) is 3.95. The molecule has 1 aromatic heterocycles. The molecule has 2 N–H and O–H groups in total. The second-order valence-electron chi connectivity index (χ2n) is 5.77. The first-order valence-corrected chi connectivity index (χ1v) is 8.23. The maximum atomic E-state index is 12.3. The summed E-state index contributed by atoms with van der Waals surface area (Å²) in [6.07, 6.45) is 0. The first kappa shape index (κ1) is 17.4. The van der Waals surface area contributed by atoms with Crippen LogP contribution >= 0.6 is 0 Å². The molecule has 1 amide bonds. The van der Waals surface area contributed by atoms with Gasteiger partial charge >= 0.3 is 0 Å². The van der Waals surface area contributed by atoms with E-state index in [9.17, 15) is 4.79 Å². The number of carbonyl (C=O) groups is 1. The lowest BCUT2D eigenvalue weighted by Crippen LogP contribution is -2.15. The zero-order chi connectivity index (χ0) is 18.4. The molecule has 0 spiro atoms. The second kappa shape index (κ2) is 8.11. The van der Waals surface area contributed by atoms with Crippen LogP contribution in [0.3, 0.4) is 0 Å². The summed E-state index contributed by atoms with van der Waals surface area (Å²) in [6, 6.07) is 18.7. The molecule has 1 heterocycles. The Kier molecular flexibility index (Phi) is 5.43. The minimum absolute atomic E-state index is 0.245. The predicted molar refractivity (Wildman–Crippen MR) is 101 cm³/mol. The number of amides is 1. The summed E-state index contributed by atoms with van der Waals surface area (Å²) in [5.74, 6) is 0.965. The van der Waals surface area contributed by atoms with Gasteiger partial charge in [-0.1, -0.05) is 30.3 Å². The van der Waals surface area contributed by atoms with E-state index in [1.54, 1.807) is 37.4 Å². The number of methoxy groups -OCH3 is 1. The van der Waals surface area contributed by atoms with Crippen molar-refractivity contribution in [2.75, 3.05) is 17.7 Å². The lowest BCUT2D eigenvalue weighted by atomic mass is 10.1. The topological polar surface area (TPSA) is 76.1 Å². The van der Waals surface area contributed by atoms with Gasteiger partial charge in [0.2, 0.25) is 0 Å². The number of rotatable bonds is 6. The third kappa shape index (κ3) is 4.36. The Balaban J connectivity index is 1.61. The molecule has 0 aliphatic carbocycles. The summed E-state index contributed by atoms with van der Waals surface area (Å²) in [6.45, 7) is 2.71. The van der Waals surface area contributed by atoms with Crippen molar-refractivity contribution in [2.24, 2.45) is 0 Å². The maximum absolute atomic E-state index is 12.3. The molecule has 26 heavy (non-hydrogen) atoms. The zero-order valence-electron chi connectivity index (χ0n) is 14.7. The van der Waals surface area contributed by atoms with Gasteiger partial charge in [0.25, 0.3) is 5.91 Å². The van der Waals surface area contributed by atoms with Gasteiger partial charge in [-0.15, -0.1) is 10.2 Å². The van der Waals surface area contributed by atoms with Gasteiger partial charge in [-0.2, -0.15) is 0 Å². The molecule has 0 bridgehead atoms. The Morgan fingerprint density at radius 3 is 2.62 bits per heavy atom. The van der Waals surface area contributed by atoms with E-state index in [0.29, 0.717) is 23.8 Å². The summed E-state index contributed by atoms with van der Waals surface area (Å²) in [4.78, 5) is 12.3. The smallest absolute Gasteiger partial charge is 0.276 e. The molecule has 6 heteroatoms. The van der Waals surface area contributed by atoms with Gasteiger partial charge in [0, 0.05) is 18.3 Å². The first-order valence-electron chi connectivity index (χ1n) is 8.23. The number of nitrogens with zero attached hydrogens (tertiary/aromatic N) is 2. The third-order valence-corrected chi connectivity index (χ3v) is 3.95. The molecule has 0 unspecified atom stereocenters. The lowest BCUT2D eigenvalue weighted by molar-refractivity contribution is 0.102. The van der Waals surface area contributed by atoms with Gasteiger partial charge in [-0.3, -0.25) is 4.79 Å². The van der Waals surface area contributed by atoms with Gasteiger partial charge in [0.1, 0.15) is 11.6 Å². The quantitative estimate of drug-likeness (QED) is 0.711. The summed E-state index contributed by atoms with van der Waals surface area (Å²) in [5.41, 5.74) is 3.28. The van der Waals surface area contributed by atoms with Gasteiger partial charge in [0.15, 0.2) is 5.69 Å². The number of ether oxygens (including phenoxy) is 1. The fourth-order valence-corrected chi connectivity index (χ4v) is 2.44. The van der Waals surface area contributed by atoms with Gasteiger partial charge in [0.05, 0.1) is 7.11 Å². The van der Waals surface area contributed by atoms with E-state index in [4.69, 9.17) is 4.74 Å². The highest BCUT2D eigenvalue weighted by Gasteiger charge is 2.09. The molecule has 0 atom stereocenters. The average molecular weight is 348 g/mol. The number of aryl methyl sites for hydroxylation is 1. The molecule has 3 rings (SSSR count). The fraction of sp³-hybridized carbons (Fsp3) is 0.150. The van der Waals surface area contributed by atoms with Crippen LogP contribution in [0.15, 0.2) is 60.7 Å². The SMILES string of the molecule is COc1cccc(NC(=O)c2ccc(NCc3ccccc3C)nn2)c1. The van der Waals surface area contributed by atoms with Crippen molar-refractivity contribution in [2.45, 2.75) is 13.5 Å². The van der Waals surface area contributed by atoms with E-state index in [1.807, 2.05) is 18.2 Å². The van der Waals surface area contributed by atoms with Crippen LogP contribution in [0.4, 0.5) is 11.5 Å². The molecule has 0 saturated heterocycles. The Hall–Kier alpha value is -3.41. The lowest BCUT2D eigenvalue weighted by Gasteiger charge is -2.09. The highest BCUT2D eigenvalue weighted by molar-refractivity contribution is 6.02. The van der Waals surface area contributed by atoms with Crippen LogP contribution in [0.1, 0.15) is 21.6 Å². The molecule has 0 radical (unpaired) electrons. The number of hydrogen-bond donors (Lipinski definition) is 2. The Morgan fingerprint density at radius 2 is 1.88 bits per heavy atom. The molecule has 0 fully saturated rings. The Bertz CT molecular complexity index is 894. The molecular weight excluding hydrogens is 328 g/mol. The number of anilines is 2. The standard InChI is InChI=1S/C20H20N4O2/c1-14-6-3-4-7-15(14)13-21-19-11-10-18(23-24-19)20(25)22-16-8-5-9-17(12-16)26-2/h3-12H,13H2,1-2H3,(H,21,24)(H,22,25). The number of aromatic nitrogens is 2. The van der Waals surface area contributed by atoms with Crippen LogP contribution in [-0.2, 0) is 6.54 Å². The van der Waals surface area contributed by atoms with Crippen molar-refractivity contribution in [3.63, 3.8) is 0 Å². The molecular formula is C20H20N4O2. The van der Waals surface area contributed by atoms with Crippen molar-refractivity contribution in [3.8, 4) is 5.75 Å². The number of nitrogens with one attached hydrogen (secondary N) is 2. The highest BCUT2D eigenvalue weighted by atomic mass is 16.5. The summed E-state index contributed by atoms with van der Waals surface area (Å²) < 4.78 is 5.14. The predicted octanol–water partition coefficient (Wildman–Crippen LogP) is 3.66. The van der Waals surface area contributed by atoms with Gasteiger partial charge in [-0.05, 0) is 42.3 Å². The normalized spacial score (nSPS) is 10.2. The van der Waals surface area contributed by atoms with E-state index in [2.05, 4.69) is 39.9 Å². The van der Waals surface area contributed by atoms with E-state index >= 15 is 0 Å². The van der Waals surface area contributed by atoms with Crippen LogP contribution in [-0.4, -0.2) is 23.2 Å².